The minimum atomic E-state index is -0.621. The minimum absolute atomic E-state index is 0.0605. The van der Waals surface area contributed by atoms with Gasteiger partial charge < -0.3 is 14.5 Å². The average molecular weight is 413 g/mol. The van der Waals surface area contributed by atoms with E-state index in [2.05, 4.69) is 16.0 Å². The summed E-state index contributed by atoms with van der Waals surface area (Å²) >= 11 is 0. The Labute approximate surface area is 181 Å². The number of benzene rings is 2. The van der Waals surface area contributed by atoms with Crippen molar-refractivity contribution in [3.63, 3.8) is 0 Å². The molecule has 156 valence electrons. The minimum Gasteiger partial charge on any atom is -0.481 e. The van der Waals surface area contributed by atoms with E-state index in [1.54, 1.807) is 37.4 Å². The number of nitrogens with zero attached hydrogens (tertiary/aromatic N) is 5. The maximum Gasteiger partial charge on any atom is 0.263 e. The second-order valence-corrected chi connectivity index (χ2v) is 7.32. The fourth-order valence-electron chi connectivity index (χ4n) is 3.56. The molecule has 0 spiro atoms. The van der Waals surface area contributed by atoms with Crippen LogP contribution in [0.1, 0.15) is 12.5 Å². The van der Waals surface area contributed by atoms with E-state index >= 15 is 0 Å². The van der Waals surface area contributed by atoms with Crippen molar-refractivity contribution in [1.82, 2.24) is 14.9 Å². The average Bonchev–Trinajstić information content (AvgIpc) is 2.84. The third-order valence-electron chi connectivity index (χ3n) is 5.21. The highest BCUT2D eigenvalue weighted by Gasteiger charge is 2.26. The maximum absolute atomic E-state index is 12.8. The summed E-state index contributed by atoms with van der Waals surface area (Å²) in [4.78, 5) is 25.9. The lowest BCUT2D eigenvalue weighted by Crippen LogP contribution is -2.52. The summed E-state index contributed by atoms with van der Waals surface area (Å²) < 4.78 is 5.77. The number of hydrogen-bond donors (Lipinski definition) is 0. The van der Waals surface area contributed by atoms with Crippen LogP contribution in [0, 0.1) is 11.3 Å². The van der Waals surface area contributed by atoms with Crippen molar-refractivity contribution in [2.24, 2.45) is 0 Å². The first-order chi connectivity index (χ1) is 15.1. The molecule has 31 heavy (non-hydrogen) atoms. The summed E-state index contributed by atoms with van der Waals surface area (Å²) in [6.45, 7) is 4.30. The second kappa shape index (κ2) is 9.26. The van der Waals surface area contributed by atoms with E-state index < -0.39 is 6.10 Å². The van der Waals surface area contributed by atoms with Gasteiger partial charge in [0.05, 0.1) is 11.6 Å². The molecule has 1 amide bonds. The van der Waals surface area contributed by atoms with E-state index in [1.807, 2.05) is 41.3 Å². The highest BCUT2D eigenvalue weighted by atomic mass is 16.5. The van der Waals surface area contributed by atoms with Crippen molar-refractivity contribution in [2.75, 3.05) is 31.1 Å². The summed E-state index contributed by atoms with van der Waals surface area (Å²) in [6, 6.07) is 20.7. The number of aromatic nitrogens is 2. The van der Waals surface area contributed by atoms with Gasteiger partial charge in [-0.05, 0) is 31.2 Å². The van der Waals surface area contributed by atoms with Crippen LogP contribution in [-0.2, 0) is 4.79 Å². The molecule has 7 nitrogen and oxygen atoms in total. The number of ether oxygens (including phenoxy) is 1. The van der Waals surface area contributed by atoms with Gasteiger partial charge in [0.2, 0.25) is 0 Å². The molecule has 0 saturated carbocycles. The molecular formula is C24H23N5O2. The Morgan fingerprint density at radius 1 is 1.06 bits per heavy atom. The standard InChI is InChI=1S/C24H23N5O2/c1-18(31-21-9-5-6-19(16-21)17-25)24(30)29-14-12-28(13-15-29)22-10-11-26-23(27-22)20-7-3-2-4-8-20/h2-11,16,18H,12-15H2,1H3. The Balaban J connectivity index is 1.36. The van der Waals surface area contributed by atoms with E-state index in [9.17, 15) is 4.79 Å². The molecule has 2 aromatic carbocycles. The monoisotopic (exact) mass is 413 g/mol. The fraction of sp³-hybridized carbons (Fsp3) is 0.250. The van der Waals surface area contributed by atoms with Crippen molar-refractivity contribution in [3.05, 3.63) is 72.4 Å². The van der Waals surface area contributed by atoms with Crippen LogP contribution in [0.15, 0.2) is 66.9 Å². The molecule has 0 aliphatic carbocycles. The number of carbonyl (C=O) groups excluding carboxylic acids is 1. The van der Waals surface area contributed by atoms with Crippen LogP contribution in [0.2, 0.25) is 0 Å². The summed E-state index contributed by atoms with van der Waals surface area (Å²) in [6.07, 6.45) is 1.15. The Bertz CT molecular complexity index is 1090. The smallest absolute Gasteiger partial charge is 0.263 e. The van der Waals surface area contributed by atoms with Gasteiger partial charge in [-0.25, -0.2) is 9.97 Å². The van der Waals surface area contributed by atoms with Crippen molar-refractivity contribution < 1.29 is 9.53 Å². The van der Waals surface area contributed by atoms with Gasteiger partial charge >= 0.3 is 0 Å². The van der Waals surface area contributed by atoms with Crippen molar-refractivity contribution in [3.8, 4) is 23.2 Å². The number of piperazine rings is 1. The van der Waals surface area contributed by atoms with E-state index in [4.69, 9.17) is 15.0 Å². The number of rotatable bonds is 5. The van der Waals surface area contributed by atoms with Gasteiger partial charge in [-0.2, -0.15) is 5.26 Å². The van der Waals surface area contributed by atoms with Crippen molar-refractivity contribution >= 4 is 11.7 Å². The predicted molar refractivity (Wildman–Crippen MR) is 118 cm³/mol. The molecule has 0 bridgehead atoms. The van der Waals surface area contributed by atoms with Gasteiger partial charge in [-0.3, -0.25) is 4.79 Å². The highest BCUT2D eigenvalue weighted by molar-refractivity contribution is 5.81. The molecule has 1 aromatic heterocycles. The second-order valence-electron chi connectivity index (χ2n) is 7.32. The molecule has 1 atom stereocenters. The van der Waals surface area contributed by atoms with E-state index in [-0.39, 0.29) is 5.91 Å². The summed E-state index contributed by atoms with van der Waals surface area (Å²) in [5.41, 5.74) is 1.48. The van der Waals surface area contributed by atoms with Gasteiger partial charge in [-0.15, -0.1) is 0 Å². The number of hydrogen-bond acceptors (Lipinski definition) is 6. The third kappa shape index (κ3) is 4.81. The molecule has 1 aliphatic heterocycles. The van der Waals surface area contributed by atoms with Crippen LogP contribution in [0.3, 0.4) is 0 Å². The van der Waals surface area contributed by atoms with Crippen molar-refractivity contribution in [1.29, 1.82) is 5.26 Å². The molecule has 7 heteroatoms. The molecule has 0 N–H and O–H groups in total. The Morgan fingerprint density at radius 2 is 1.84 bits per heavy atom. The zero-order chi connectivity index (χ0) is 21.6. The lowest BCUT2D eigenvalue weighted by atomic mass is 10.2. The number of carbonyl (C=O) groups is 1. The molecule has 1 aliphatic rings. The van der Waals surface area contributed by atoms with E-state index in [1.165, 1.54) is 0 Å². The lowest BCUT2D eigenvalue weighted by molar-refractivity contribution is -0.138. The normalized spacial score (nSPS) is 14.6. The maximum atomic E-state index is 12.8. The SMILES string of the molecule is CC(Oc1cccc(C#N)c1)C(=O)N1CCN(c2ccnc(-c3ccccc3)n2)CC1. The lowest BCUT2D eigenvalue weighted by Gasteiger charge is -2.36. The quantitative estimate of drug-likeness (QED) is 0.639. The van der Waals surface area contributed by atoms with Gasteiger partial charge in [0.1, 0.15) is 11.6 Å². The Hall–Kier alpha value is -3.92. The van der Waals surface area contributed by atoms with E-state index in [0.717, 1.165) is 11.4 Å². The summed E-state index contributed by atoms with van der Waals surface area (Å²) in [5.74, 6) is 2.01. The molecule has 1 fully saturated rings. The number of nitriles is 1. The van der Waals surface area contributed by atoms with Crippen LogP contribution in [-0.4, -0.2) is 53.1 Å². The van der Waals surface area contributed by atoms with Gasteiger partial charge in [-0.1, -0.05) is 36.4 Å². The van der Waals surface area contributed by atoms with Gasteiger partial charge in [0, 0.05) is 37.9 Å². The first-order valence-corrected chi connectivity index (χ1v) is 10.2. The number of anilines is 1. The molecule has 3 aromatic rings. The molecule has 0 radical (unpaired) electrons. The third-order valence-corrected chi connectivity index (χ3v) is 5.21. The summed E-state index contributed by atoms with van der Waals surface area (Å²) in [7, 11) is 0. The molecule has 1 unspecified atom stereocenters. The molecule has 4 rings (SSSR count). The Morgan fingerprint density at radius 3 is 2.58 bits per heavy atom. The summed E-state index contributed by atoms with van der Waals surface area (Å²) in [5, 5.41) is 9.02. The van der Waals surface area contributed by atoms with Gasteiger partial charge in [0.25, 0.3) is 5.91 Å². The van der Waals surface area contributed by atoms with E-state index in [0.29, 0.717) is 43.3 Å². The predicted octanol–water partition coefficient (Wildman–Crippen LogP) is 3.13. The topological polar surface area (TPSA) is 82.4 Å². The first kappa shape index (κ1) is 20.4. The highest BCUT2D eigenvalue weighted by Crippen LogP contribution is 2.20. The molecule has 2 heterocycles. The van der Waals surface area contributed by atoms with Crippen molar-refractivity contribution in [2.45, 2.75) is 13.0 Å². The van der Waals surface area contributed by atoms with Crippen LogP contribution < -0.4 is 9.64 Å². The molecular weight excluding hydrogens is 390 g/mol. The van der Waals surface area contributed by atoms with Crippen LogP contribution in [0.5, 0.6) is 5.75 Å². The number of amides is 1. The fourth-order valence-corrected chi connectivity index (χ4v) is 3.56. The van der Waals surface area contributed by atoms with Crippen LogP contribution >= 0.6 is 0 Å². The Kier molecular flexibility index (Phi) is 6.08. The molecule has 1 saturated heterocycles. The zero-order valence-corrected chi connectivity index (χ0v) is 17.3. The zero-order valence-electron chi connectivity index (χ0n) is 17.3. The largest absolute Gasteiger partial charge is 0.481 e. The van der Waals surface area contributed by atoms with Crippen LogP contribution in [0.25, 0.3) is 11.4 Å². The first-order valence-electron chi connectivity index (χ1n) is 10.2. The van der Waals surface area contributed by atoms with Crippen LogP contribution in [0.4, 0.5) is 5.82 Å². The van der Waals surface area contributed by atoms with Gasteiger partial charge in [0.15, 0.2) is 11.9 Å².